The fourth-order valence-corrected chi connectivity index (χ4v) is 2.76. The van der Waals surface area contributed by atoms with E-state index in [1.165, 1.54) is 6.21 Å². The first-order chi connectivity index (χ1) is 12.5. The Hall–Kier alpha value is -2.24. The first-order valence-electron chi connectivity index (χ1n) is 8.10. The molecule has 0 aliphatic carbocycles. The Kier molecular flexibility index (Phi) is 7.75. The minimum absolute atomic E-state index is 0.215. The maximum Gasteiger partial charge on any atom is 0.244 e. The summed E-state index contributed by atoms with van der Waals surface area (Å²) in [6, 6.07) is 10.6. The molecule has 0 saturated carbocycles. The number of amides is 1. The second kappa shape index (κ2) is 10.0. The number of hydrazone groups is 1. The number of hydrogen-bond acceptors (Lipinski definition) is 4. The Bertz CT molecular complexity index is 754. The van der Waals surface area contributed by atoms with Crippen LogP contribution in [-0.2, 0) is 11.2 Å². The minimum Gasteiger partial charge on any atom is -0.497 e. The van der Waals surface area contributed by atoms with Gasteiger partial charge in [0.05, 0.1) is 36.4 Å². The monoisotopic (exact) mass is 394 g/mol. The quantitative estimate of drug-likeness (QED) is 0.530. The number of halogens is 2. The molecule has 1 N–H and O–H groups in total. The lowest BCUT2D eigenvalue weighted by molar-refractivity contribution is -0.120. The molecule has 5 nitrogen and oxygen atoms in total. The molecule has 0 aliphatic rings. The molecule has 0 radical (unpaired) electrons. The molecule has 0 spiro atoms. The fraction of sp³-hybridized carbons (Fsp3) is 0.263. The molecule has 0 aliphatic heterocycles. The van der Waals surface area contributed by atoms with E-state index < -0.39 is 0 Å². The van der Waals surface area contributed by atoms with Crippen LogP contribution in [0.3, 0.4) is 0 Å². The van der Waals surface area contributed by atoms with Crippen LogP contribution in [0.4, 0.5) is 0 Å². The van der Waals surface area contributed by atoms with E-state index in [1.54, 1.807) is 31.4 Å². The second-order valence-electron chi connectivity index (χ2n) is 5.48. The van der Waals surface area contributed by atoms with Gasteiger partial charge in [-0.15, -0.1) is 0 Å². The van der Waals surface area contributed by atoms with E-state index in [4.69, 9.17) is 32.7 Å². The van der Waals surface area contributed by atoms with E-state index >= 15 is 0 Å². The summed E-state index contributed by atoms with van der Waals surface area (Å²) in [6.07, 6.45) is 2.55. The highest BCUT2D eigenvalue weighted by molar-refractivity contribution is 6.37. The van der Waals surface area contributed by atoms with E-state index in [2.05, 4.69) is 10.5 Å². The Morgan fingerprint density at radius 2 is 1.85 bits per heavy atom. The van der Waals surface area contributed by atoms with E-state index in [0.717, 1.165) is 17.7 Å². The van der Waals surface area contributed by atoms with Gasteiger partial charge >= 0.3 is 0 Å². The summed E-state index contributed by atoms with van der Waals surface area (Å²) >= 11 is 12.4. The van der Waals surface area contributed by atoms with Crippen molar-refractivity contribution in [3.63, 3.8) is 0 Å². The van der Waals surface area contributed by atoms with Gasteiger partial charge in [-0.1, -0.05) is 42.3 Å². The van der Waals surface area contributed by atoms with Crippen molar-refractivity contribution in [2.75, 3.05) is 13.7 Å². The van der Waals surface area contributed by atoms with Crippen LogP contribution in [-0.4, -0.2) is 25.8 Å². The molecule has 2 aromatic rings. The van der Waals surface area contributed by atoms with E-state index in [-0.39, 0.29) is 12.3 Å². The highest BCUT2D eigenvalue weighted by atomic mass is 35.5. The largest absolute Gasteiger partial charge is 0.497 e. The summed E-state index contributed by atoms with van der Waals surface area (Å²) in [4.78, 5) is 11.9. The Morgan fingerprint density at radius 3 is 2.42 bits per heavy atom. The predicted molar refractivity (Wildman–Crippen MR) is 105 cm³/mol. The van der Waals surface area contributed by atoms with Crippen LogP contribution in [0.25, 0.3) is 0 Å². The molecule has 138 valence electrons. The van der Waals surface area contributed by atoms with Gasteiger partial charge in [-0.05, 0) is 41.8 Å². The van der Waals surface area contributed by atoms with Crippen molar-refractivity contribution in [3.8, 4) is 11.5 Å². The van der Waals surface area contributed by atoms with Crippen LogP contribution in [0.2, 0.25) is 10.0 Å². The predicted octanol–water partition coefficient (Wildman–Crippen LogP) is 4.48. The summed E-state index contributed by atoms with van der Waals surface area (Å²) < 4.78 is 10.6. The molecule has 2 rings (SSSR count). The molecule has 0 unspecified atom stereocenters. The Balaban J connectivity index is 1.93. The Morgan fingerprint density at radius 1 is 1.19 bits per heavy atom. The number of nitrogens with one attached hydrogen (secondary N) is 1. The van der Waals surface area contributed by atoms with Crippen LogP contribution >= 0.6 is 23.2 Å². The number of benzene rings is 2. The van der Waals surface area contributed by atoms with Crippen LogP contribution < -0.4 is 14.9 Å². The zero-order valence-electron chi connectivity index (χ0n) is 14.6. The van der Waals surface area contributed by atoms with Gasteiger partial charge < -0.3 is 9.47 Å². The molecular formula is C19H20Cl2N2O3. The summed E-state index contributed by atoms with van der Waals surface area (Å²) in [5.74, 6) is 0.967. The van der Waals surface area contributed by atoms with Gasteiger partial charge in [-0.25, -0.2) is 5.43 Å². The van der Waals surface area contributed by atoms with Gasteiger partial charge in [-0.3, -0.25) is 4.79 Å². The number of nitrogens with zero attached hydrogens (tertiary/aromatic N) is 1. The number of methoxy groups -OCH3 is 1. The molecule has 0 atom stereocenters. The van der Waals surface area contributed by atoms with Gasteiger partial charge in [0, 0.05) is 0 Å². The average molecular weight is 395 g/mol. The van der Waals surface area contributed by atoms with Crippen molar-refractivity contribution in [1.29, 1.82) is 0 Å². The van der Waals surface area contributed by atoms with Gasteiger partial charge in [-0.2, -0.15) is 5.10 Å². The smallest absolute Gasteiger partial charge is 0.244 e. The zero-order chi connectivity index (χ0) is 18.9. The SMILES string of the molecule is CCCOc1c(Cl)cc(/C=N\NC(=O)Cc2ccc(OC)cc2)cc1Cl. The van der Waals surface area contributed by atoms with Crippen LogP contribution in [0, 0.1) is 0 Å². The third-order valence-corrected chi connectivity index (χ3v) is 3.96. The van der Waals surface area contributed by atoms with Crippen LogP contribution in [0.5, 0.6) is 11.5 Å². The van der Waals surface area contributed by atoms with Crippen LogP contribution in [0.15, 0.2) is 41.5 Å². The first kappa shape index (κ1) is 20.1. The number of carbonyl (C=O) groups excluding carboxylic acids is 1. The van der Waals surface area contributed by atoms with E-state index in [0.29, 0.717) is 28.0 Å². The third-order valence-electron chi connectivity index (χ3n) is 3.40. The van der Waals surface area contributed by atoms with Crippen molar-refractivity contribution >= 4 is 35.3 Å². The topological polar surface area (TPSA) is 59.9 Å². The zero-order valence-corrected chi connectivity index (χ0v) is 16.1. The number of rotatable bonds is 8. The molecule has 1 amide bonds. The molecule has 7 heteroatoms. The molecule has 0 bridgehead atoms. The maximum atomic E-state index is 11.9. The minimum atomic E-state index is -0.230. The lowest BCUT2D eigenvalue weighted by Crippen LogP contribution is -2.19. The highest BCUT2D eigenvalue weighted by Crippen LogP contribution is 2.33. The molecule has 0 fully saturated rings. The standard InChI is InChI=1S/C19H20Cl2N2O3/c1-3-8-26-19-16(20)9-14(10-17(19)21)12-22-23-18(24)11-13-4-6-15(25-2)7-5-13/h4-7,9-10,12H,3,8,11H2,1-2H3,(H,23,24)/b22-12-. The number of ether oxygens (including phenoxy) is 2. The van der Waals surface area contributed by atoms with Crippen LogP contribution in [0.1, 0.15) is 24.5 Å². The van der Waals surface area contributed by atoms with E-state index in [9.17, 15) is 4.79 Å². The molecule has 0 aromatic heterocycles. The summed E-state index contributed by atoms with van der Waals surface area (Å²) in [7, 11) is 1.59. The normalized spacial score (nSPS) is 10.8. The van der Waals surface area contributed by atoms with Crippen molar-refractivity contribution in [1.82, 2.24) is 5.43 Å². The van der Waals surface area contributed by atoms with Gasteiger partial charge in [0.1, 0.15) is 5.75 Å². The molecular weight excluding hydrogens is 375 g/mol. The third kappa shape index (κ3) is 5.93. The maximum absolute atomic E-state index is 11.9. The lowest BCUT2D eigenvalue weighted by Gasteiger charge is -2.09. The Labute approximate surface area is 162 Å². The molecule has 26 heavy (non-hydrogen) atoms. The average Bonchev–Trinajstić information content (AvgIpc) is 2.62. The van der Waals surface area contributed by atoms with E-state index in [1.807, 2.05) is 19.1 Å². The van der Waals surface area contributed by atoms with Crippen molar-refractivity contribution < 1.29 is 14.3 Å². The second-order valence-corrected chi connectivity index (χ2v) is 6.29. The number of hydrogen-bond donors (Lipinski definition) is 1. The van der Waals surface area contributed by atoms with Crippen molar-refractivity contribution in [2.45, 2.75) is 19.8 Å². The summed E-state index contributed by atoms with van der Waals surface area (Å²) in [6.45, 7) is 2.53. The van der Waals surface area contributed by atoms with Gasteiger partial charge in [0.15, 0.2) is 5.75 Å². The summed E-state index contributed by atoms with van der Waals surface area (Å²) in [5.41, 5.74) is 4.00. The summed E-state index contributed by atoms with van der Waals surface area (Å²) in [5, 5.41) is 4.74. The van der Waals surface area contributed by atoms with Crippen molar-refractivity contribution in [2.24, 2.45) is 5.10 Å². The van der Waals surface area contributed by atoms with Gasteiger partial charge in [0.25, 0.3) is 0 Å². The first-order valence-corrected chi connectivity index (χ1v) is 8.85. The lowest BCUT2D eigenvalue weighted by atomic mass is 10.1. The fourth-order valence-electron chi connectivity index (χ4n) is 2.14. The molecule has 0 saturated heterocycles. The highest BCUT2D eigenvalue weighted by Gasteiger charge is 2.09. The van der Waals surface area contributed by atoms with Crippen molar-refractivity contribution in [3.05, 3.63) is 57.6 Å². The molecule has 2 aromatic carbocycles. The van der Waals surface area contributed by atoms with Gasteiger partial charge in [0.2, 0.25) is 5.91 Å². The number of carbonyl (C=O) groups is 1. The molecule has 0 heterocycles.